The van der Waals surface area contributed by atoms with Crippen molar-refractivity contribution in [3.63, 3.8) is 0 Å². The Morgan fingerprint density at radius 3 is 2.17 bits per heavy atom. The van der Waals surface area contributed by atoms with Gasteiger partial charge in [-0.15, -0.1) is 0 Å². The van der Waals surface area contributed by atoms with Crippen LogP contribution in [0.3, 0.4) is 0 Å². The number of non-ortho nitro benzene ring substituents is 2. The third-order valence-corrected chi connectivity index (χ3v) is 2.87. The molecule has 0 aliphatic rings. The van der Waals surface area contributed by atoms with Crippen molar-refractivity contribution in [2.45, 2.75) is 0 Å². The summed E-state index contributed by atoms with van der Waals surface area (Å²) < 4.78 is 0. The molecule has 0 amide bonds. The number of anilines is 1. The van der Waals surface area contributed by atoms with Crippen LogP contribution in [0.5, 0.6) is 0 Å². The first-order chi connectivity index (χ1) is 11.4. The molecule has 0 heterocycles. The number of nitro benzene ring substituents is 3. The summed E-state index contributed by atoms with van der Waals surface area (Å²) in [5.74, 6) is 0. The van der Waals surface area contributed by atoms with Gasteiger partial charge in [0, 0.05) is 23.8 Å². The molecule has 0 bridgehead atoms. The molecule has 122 valence electrons. The number of benzene rings is 2. The molecule has 0 aliphatic heterocycles. The van der Waals surface area contributed by atoms with Crippen LogP contribution >= 0.6 is 0 Å². The lowest BCUT2D eigenvalue weighted by atomic mass is 10.2. The molecule has 24 heavy (non-hydrogen) atoms. The number of hydrogen-bond acceptors (Lipinski definition) is 8. The van der Waals surface area contributed by atoms with Gasteiger partial charge in [0.15, 0.2) is 0 Å². The van der Waals surface area contributed by atoms with Crippen LogP contribution in [0, 0.1) is 30.3 Å². The van der Waals surface area contributed by atoms with Gasteiger partial charge in [-0.05, 0) is 6.07 Å². The molecule has 0 saturated carbocycles. The zero-order valence-electron chi connectivity index (χ0n) is 11.9. The van der Waals surface area contributed by atoms with Crippen LogP contribution in [0.15, 0.2) is 47.6 Å². The van der Waals surface area contributed by atoms with E-state index in [4.69, 9.17) is 0 Å². The smallest absolute Gasteiger partial charge is 0.272 e. The molecular weight excluding hydrogens is 322 g/mol. The Labute approximate surface area is 133 Å². The van der Waals surface area contributed by atoms with Gasteiger partial charge in [-0.2, -0.15) is 5.10 Å². The highest BCUT2D eigenvalue weighted by Crippen LogP contribution is 2.28. The van der Waals surface area contributed by atoms with Crippen molar-refractivity contribution in [2.24, 2.45) is 5.10 Å². The largest absolute Gasteiger partial charge is 0.301 e. The number of hydrogen-bond donors (Lipinski definition) is 1. The minimum atomic E-state index is -0.780. The van der Waals surface area contributed by atoms with Crippen molar-refractivity contribution in [1.29, 1.82) is 0 Å². The molecule has 0 atom stereocenters. The molecule has 0 aromatic heterocycles. The summed E-state index contributed by atoms with van der Waals surface area (Å²) in [6, 6.07) is 8.67. The predicted octanol–water partition coefficient (Wildman–Crippen LogP) is 2.86. The second kappa shape index (κ2) is 6.91. The topological polar surface area (TPSA) is 154 Å². The van der Waals surface area contributed by atoms with E-state index in [1.165, 1.54) is 24.4 Å². The molecule has 0 saturated heterocycles. The zero-order valence-corrected chi connectivity index (χ0v) is 11.9. The van der Waals surface area contributed by atoms with Gasteiger partial charge in [-0.25, -0.2) is 0 Å². The summed E-state index contributed by atoms with van der Waals surface area (Å²) in [5.41, 5.74) is 1.69. The van der Waals surface area contributed by atoms with Crippen molar-refractivity contribution in [3.05, 3.63) is 78.4 Å². The SMILES string of the molecule is O=[N+]([O-])c1cccc(/C=N/Nc2ccc([N+](=O)[O-])cc2[N+](=O)[O-])c1. The molecule has 0 fully saturated rings. The highest BCUT2D eigenvalue weighted by Gasteiger charge is 2.19. The standard InChI is InChI=1S/C13H9N5O6/c19-16(20)10-3-1-2-9(6-10)8-14-15-12-5-4-11(17(21)22)7-13(12)18(23)24/h1-8,15H/b14-8+. The molecule has 0 radical (unpaired) electrons. The van der Waals surface area contributed by atoms with Crippen LogP contribution in [0.25, 0.3) is 0 Å². The maximum atomic E-state index is 11.0. The third-order valence-electron chi connectivity index (χ3n) is 2.87. The van der Waals surface area contributed by atoms with Crippen molar-refractivity contribution >= 4 is 29.0 Å². The van der Waals surface area contributed by atoms with Crippen LogP contribution in [0.1, 0.15) is 5.56 Å². The fourth-order valence-corrected chi connectivity index (χ4v) is 1.77. The van der Waals surface area contributed by atoms with Gasteiger partial charge in [-0.3, -0.25) is 35.8 Å². The number of nitro groups is 3. The van der Waals surface area contributed by atoms with Gasteiger partial charge in [0.25, 0.3) is 11.4 Å². The highest BCUT2D eigenvalue weighted by atomic mass is 16.6. The van der Waals surface area contributed by atoms with E-state index < -0.39 is 26.1 Å². The lowest BCUT2D eigenvalue weighted by molar-refractivity contribution is -0.393. The fourth-order valence-electron chi connectivity index (χ4n) is 1.77. The van der Waals surface area contributed by atoms with E-state index in [0.717, 1.165) is 18.2 Å². The summed E-state index contributed by atoms with van der Waals surface area (Å²) >= 11 is 0. The number of rotatable bonds is 6. The number of nitrogens with zero attached hydrogens (tertiary/aromatic N) is 4. The maximum absolute atomic E-state index is 11.0. The zero-order chi connectivity index (χ0) is 17.7. The lowest BCUT2D eigenvalue weighted by Crippen LogP contribution is -1.99. The molecule has 2 rings (SSSR count). The van der Waals surface area contributed by atoms with Gasteiger partial charge in [-0.1, -0.05) is 12.1 Å². The quantitative estimate of drug-likeness (QED) is 0.484. The Morgan fingerprint density at radius 2 is 1.54 bits per heavy atom. The molecule has 0 spiro atoms. The Hall–Kier alpha value is -3.89. The first kappa shape index (κ1) is 16.5. The van der Waals surface area contributed by atoms with Crippen molar-refractivity contribution in [1.82, 2.24) is 0 Å². The summed E-state index contributed by atoms with van der Waals surface area (Å²) in [6.07, 6.45) is 1.23. The van der Waals surface area contributed by atoms with Gasteiger partial charge in [0.05, 0.1) is 27.1 Å². The highest BCUT2D eigenvalue weighted by molar-refractivity contribution is 5.81. The summed E-state index contributed by atoms with van der Waals surface area (Å²) in [4.78, 5) is 30.2. The average Bonchev–Trinajstić information content (AvgIpc) is 2.55. The minimum absolute atomic E-state index is 0.0488. The fraction of sp³-hybridized carbons (Fsp3) is 0. The van der Waals surface area contributed by atoms with Crippen LogP contribution in [0.2, 0.25) is 0 Å². The van der Waals surface area contributed by atoms with E-state index in [0.29, 0.717) is 5.56 Å². The van der Waals surface area contributed by atoms with Gasteiger partial charge in [0.2, 0.25) is 0 Å². The second-order valence-corrected chi connectivity index (χ2v) is 4.44. The van der Waals surface area contributed by atoms with Crippen LogP contribution in [-0.2, 0) is 0 Å². The van der Waals surface area contributed by atoms with Crippen molar-refractivity contribution in [2.75, 3.05) is 5.43 Å². The first-order valence-electron chi connectivity index (χ1n) is 6.35. The van der Waals surface area contributed by atoms with E-state index in [2.05, 4.69) is 10.5 Å². The van der Waals surface area contributed by atoms with E-state index >= 15 is 0 Å². The molecule has 0 unspecified atom stereocenters. The third kappa shape index (κ3) is 3.85. The van der Waals surface area contributed by atoms with Crippen molar-refractivity contribution in [3.8, 4) is 0 Å². The average molecular weight is 331 g/mol. The Morgan fingerprint density at radius 1 is 0.875 bits per heavy atom. The Bertz CT molecular complexity index is 850. The van der Waals surface area contributed by atoms with Crippen LogP contribution < -0.4 is 5.43 Å². The van der Waals surface area contributed by atoms with E-state index in [1.807, 2.05) is 0 Å². The number of hydrazone groups is 1. The van der Waals surface area contributed by atoms with E-state index in [9.17, 15) is 30.3 Å². The van der Waals surface area contributed by atoms with E-state index in [-0.39, 0.29) is 11.4 Å². The molecule has 11 heteroatoms. The summed E-state index contributed by atoms with van der Waals surface area (Å²) in [7, 11) is 0. The Balaban J connectivity index is 2.22. The first-order valence-corrected chi connectivity index (χ1v) is 6.35. The summed E-state index contributed by atoms with van der Waals surface area (Å²) in [5, 5.41) is 36.0. The minimum Gasteiger partial charge on any atom is -0.272 e. The Kier molecular flexibility index (Phi) is 4.75. The molecule has 1 N–H and O–H groups in total. The van der Waals surface area contributed by atoms with Gasteiger partial charge < -0.3 is 0 Å². The maximum Gasteiger partial charge on any atom is 0.301 e. The monoisotopic (exact) mass is 331 g/mol. The molecular formula is C13H9N5O6. The molecule has 11 nitrogen and oxygen atoms in total. The van der Waals surface area contributed by atoms with Crippen LogP contribution in [0.4, 0.5) is 22.7 Å². The van der Waals surface area contributed by atoms with Gasteiger partial charge in [0.1, 0.15) is 5.69 Å². The molecule has 2 aromatic rings. The van der Waals surface area contributed by atoms with Crippen LogP contribution in [-0.4, -0.2) is 21.0 Å². The van der Waals surface area contributed by atoms with Gasteiger partial charge >= 0.3 is 5.69 Å². The summed E-state index contributed by atoms with van der Waals surface area (Å²) in [6.45, 7) is 0. The second-order valence-electron chi connectivity index (χ2n) is 4.44. The normalized spacial score (nSPS) is 10.5. The molecule has 0 aliphatic carbocycles. The number of nitrogens with one attached hydrogen (secondary N) is 1. The lowest BCUT2D eigenvalue weighted by Gasteiger charge is -2.02. The van der Waals surface area contributed by atoms with E-state index in [1.54, 1.807) is 6.07 Å². The predicted molar refractivity (Wildman–Crippen MR) is 84.1 cm³/mol. The molecule has 2 aromatic carbocycles. The van der Waals surface area contributed by atoms with Crippen molar-refractivity contribution < 1.29 is 14.8 Å².